The van der Waals surface area contributed by atoms with Crippen LogP contribution >= 0.6 is 0 Å². The molecule has 11 heteroatoms. The lowest BCUT2D eigenvalue weighted by Gasteiger charge is -2.31. The molecular weight excluding hydrogens is 468 g/mol. The number of amides is 1. The number of morpholine rings is 1. The number of rotatable bonds is 6. The lowest BCUT2D eigenvalue weighted by atomic mass is 9.89. The molecule has 2 aromatic heterocycles. The second-order valence-corrected chi connectivity index (χ2v) is 11.3. The number of sulfonamides is 1. The average Bonchev–Trinajstić information content (AvgIpc) is 3.33. The SMILES string of the molecule is CCS(=O)(=O)N1CCC(c2c[nH]c3c(C(N)=O)cc(-c4ccc(N5CCOCC5)nn4)cc23)CC1. The van der Waals surface area contributed by atoms with Crippen molar-refractivity contribution in [3.8, 4) is 11.3 Å². The van der Waals surface area contributed by atoms with Gasteiger partial charge in [0, 0.05) is 43.3 Å². The van der Waals surface area contributed by atoms with Gasteiger partial charge < -0.3 is 20.4 Å². The number of hydrogen-bond donors (Lipinski definition) is 2. The van der Waals surface area contributed by atoms with Crippen LogP contribution in [0.3, 0.4) is 0 Å². The Bertz CT molecular complexity index is 1320. The van der Waals surface area contributed by atoms with Gasteiger partial charge in [-0.25, -0.2) is 12.7 Å². The standard InChI is InChI=1S/C24H30N6O4S/c1-2-35(32,33)30-7-5-16(6-8-30)20-15-26-23-18(20)13-17(14-19(23)24(25)31)21-3-4-22(28-27-21)29-9-11-34-12-10-29/h3-4,13-16,26H,2,5-12H2,1H3,(H2,25,31). The number of benzene rings is 1. The first-order chi connectivity index (χ1) is 16.9. The molecule has 1 aromatic carbocycles. The molecule has 2 fully saturated rings. The van der Waals surface area contributed by atoms with E-state index in [0.717, 1.165) is 48.3 Å². The van der Waals surface area contributed by atoms with Crippen LogP contribution in [-0.4, -0.2) is 79.0 Å². The number of nitrogens with one attached hydrogen (secondary N) is 1. The summed E-state index contributed by atoms with van der Waals surface area (Å²) in [6, 6.07) is 7.61. The van der Waals surface area contributed by atoms with E-state index in [0.29, 0.717) is 43.1 Å². The lowest BCUT2D eigenvalue weighted by molar-refractivity contribution is 0.100. The molecule has 0 spiro atoms. The van der Waals surface area contributed by atoms with Crippen LogP contribution < -0.4 is 10.6 Å². The number of nitrogens with zero attached hydrogens (tertiary/aromatic N) is 4. The number of piperidine rings is 1. The third-order valence-corrected chi connectivity index (χ3v) is 8.90. The number of hydrogen-bond acceptors (Lipinski definition) is 7. The van der Waals surface area contributed by atoms with Crippen molar-refractivity contribution in [1.82, 2.24) is 19.5 Å². The highest BCUT2D eigenvalue weighted by Crippen LogP contribution is 2.37. The highest BCUT2D eigenvalue weighted by Gasteiger charge is 2.29. The van der Waals surface area contributed by atoms with Gasteiger partial charge in [0.05, 0.1) is 35.7 Å². The number of H-pyrrole nitrogens is 1. The summed E-state index contributed by atoms with van der Waals surface area (Å²) in [6.07, 6.45) is 3.36. The van der Waals surface area contributed by atoms with Gasteiger partial charge in [0.1, 0.15) is 0 Å². The molecule has 4 heterocycles. The number of ether oxygens (including phenoxy) is 1. The molecular formula is C24H30N6O4S. The number of nitrogens with two attached hydrogens (primary N) is 1. The van der Waals surface area contributed by atoms with Gasteiger partial charge in [0.25, 0.3) is 5.91 Å². The van der Waals surface area contributed by atoms with E-state index in [4.69, 9.17) is 10.5 Å². The molecule has 0 atom stereocenters. The molecule has 0 aliphatic carbocycles. The Morgan fingerprint density at radius 3 is 2.51 bits per heavy atom. The number of carbonyl (C=O) groups excluding carboxylic acids is 1. The first kappa shape index (κ1) is 23.7. The zero-order valence-electron chi connectivity index (χ0n) is 19.7. The molecule has 5 rings (SSSR count). The van der Waals surface area contributed by atoms with Crippen molar-refractivity contribution in [2.24, 2.45) is 5.73 Å². The summed E-state index contributed by atoms with van der Waals surface area (Å²) in [7, 11) is -3.19. The second kappa shape index (κ2) is 9.56. The molecule has 2 aliphatic heterocycles. The van der Waals surface area contributed by atoms with Crippen molar-refractivity contribution < 1.29 is 17.9 Å². The van der Waals surface area contributed by atoms with E-state index in [1.54, 1.807) is 17.3 Å². The van der Waals surface area contributed by atoms with E-state index in [1.165, 1.54) is 0 Å². The van der Waals surface area contributed by atoms with E-state index in [-0.39, 0.29) is 11.7 Å². The number of fused-ring (bicyclic) bond motifs is 1. The molecule has 0 unspecified atom stereocenters. The summed E-state index contributed by atoms with van der Waals surface area (Å²) in [5.74, 6) is 0.566. The molecule has 35 heavy (non-hydrogen) atoms. The minimum absolute atomic E-state index is 0.113. The molecule has 0 saturated carbocycles. The quantitative estimate of drug-likeness (QED) is 0.531. The minimum atomic E-state index is -3.19. The zero-order valence-corrected chi connectivity index (χ0v) is 20.6. The van der Waals surface area contributed by atoms with E-state index < -0.39 is 15.9 Å². The molecule has 3 N–H and O–H groups in total. The molecule has 2 saturated heterocycles. The van der Waals surface area contributed by atoms with Gasteiger partial charge in [-0.15, -0.1) is 10.2 Å². The van der Waals surface area contributed by atoms with Gasteiger partial charge in [-0.2, -0.15) is 0 Å². The Morgan fingerprint density at radius 2 is 1.89 bits per heavy atom. The normalized spacial score (nSPS) is 18.3. The van der Waals surface area contributed by atoms with Crippen LogP contribution in [-0.2, 0) is 14.8 Å². The van der Waals surface area contributed by atoms with E-state index in [1.807, 2.05) is 24.4 Å². The molecule has 1 amide bonds. The first-order valence-corrected chi connectivity index (χ1v) is 13.6. The fraction of sp³-hybridized carbons (Fsp3) is 0.458. The molecule has 0 radical (unpaired) electrons. The summed E-state index contributed by atoms with van der Waals surface area (Å²) in [6.45, 7) is 5.54. The van der Waals surface area contributed by atoms with E-state index in [9.17, 15) is 13.2 Å². The van der Waals surface area contributed by atoms with Gasteiger partial charge in [0.15, 0.2) is 5.82 Å². The molecule has 0 bridgehead atoms. The maximum Gasteiger partial charge on any atom is 0.250 e. The van der Waals surface area contributed by atoms with Crippen molar-refractivity contribution in [3.05, 3.63) is 41.6 Å². The van der Waals surface area contributed by atoms with Crippen molar-refractivity contribution in [1.29, 1.82) is 0 Å². The van der Waals surface area contributed by atoms with Crippen molar-refractivity contribution >= 4 is 32.7 Å². The van der Waals surface area contributed by atoms with Crippen LogP contribution in [0.4, 0.5) is 5.82 Å². The second-order valence-electron chi connectivity index (χ2n) is 9.00. The van der Waals surface area contributed by atoms with Crippen LogP contribution in [0.25, 0.3) is 22.2 Å². The Labute approximate surface area is 204 Å². The summed E-state index contributed by atoms with van der Waals surface area (Å²) in [5, 5.41) is 9.75. The molecule has 10 nitrogen and oxygen atoms in total. The maximum absolute atomic E-state index is 12.3. The fourth-order valence-electron chi connectivity index (χ4n) is 5.00. The number of aromatic amines is 1. The van der Waals surface area contributed by atoms with Crippen LogP contribution in [0.1, 0.15) is 41.6 Å². The average molecular weight is 499 g/mol. The van der Waals surface area contributed by atoms with Gasteiger partial charge in [-0.3, -0.25) is 4.79 Å². The van der Waals surface area contributed by atoms with Crippen molar-refractivity contribution in [3.63, 3.8) is 0 Å². The monoisotopic (exact) mass is 498 g/mol. The first-order valence-electron chi connectivity index (χ1n) is 12.0. The fourth-order valence-corrected chi connectivity index (χ4v) is 6.13. The molecule has 2 aliphatic rings. The third-order valence-electron chi connectivity index (χ3n) is 7.02. The Morgan fingerprint density at radius 1 is 1.14 bits per heavy atom. The topological polar surface area (TPSA) is 135 Å². The predicted octanol–water partition coefficient (Wildman–Crippen LogP) is 2.09. The number of anilines is 1. The zero-order chi connectivity index (χ0) is 24.6. The smallest absolute Gasteiger partial charge is 0.250 e. The lowest BCUT2D eigenvalue weighted by Crippen LogP contribution is -2.38. The Kier molecular flexibility index (Phi) is 6.47. The maximum atomic E-state index is 12.3. The van der Waals surface area contributed by atoms with Gasteiger partial charge in [0.2, 0.25) is 10.0 Å². The summed E-state index contributed by atoms with van der Waals surface area (Å²) >= 11 is 0. The highest BCUT2D eigenvalue weighted by molar-refractivity contribution is 7.89. The van der Waals surface area contributed by atoms with Crippen LogP contribution in [0.5, 0.6) is 0 Å². The molecule has 186 valence electrons. The van der Waals surface area contributed by atoms with E-state index >= 15 is 0 Å². The van der Waals surface area contributed by atoms with E-state index in [2.05, 4.69) is 20.1 Å². The number of primary amides is 1. The van der Waals surface area contributed by atoms with Crippen molar-refractivity contribution in [2.75, 3.05) is 50.0 Å². The highest BCUT2D eigenvalue weighted by atomic mass is 32.2. The van der Waals surface area contributed by atoms with Gasteiger partial charge >= 0.3 is 0 Å². The van der Waals surface area contributed by atoms with Crippen LogP contribution in [0.15, 0.2) is 30.5 Å². The van der Waals surface area contributed by atoms with Crippen LogP contribution in [0, 0.1) is 0 Å². The predicted molar refractivity (Wildman–Crippen MR) is 134 cm³/mol. The summed E-state index contributed by atoms with van der Waals surface area (Å²) in [4.78, 5) is 17.7. The summed E-state index contributed by atoms with van der Waals surface area (Å²) < 4.78 is 31.5. The van der Waals surface area contributed by atoms with Gasteiger partial charge in [-0.1, -0.05) is 0 Å². The minimum Gasteiger partial charge on any atom is -0.378 e. The number of carbonyl (C=O) groups is 1. The Hall–Kier alpha value is -3.02. The Balaban J connectivity index is 1.46. The molecule has 3 aromatic rings. The third kappa shape index (κ3) is 4.63. The largest absolute Gasteiger partial charge is 0.378 e. The summed E-state index contributed by atoms with van der Waals surface area (Å²) in [5.41, 5.74) is 9.30. The number of aromatic nitrogens is 3. The van der Waals surface area contributed by atoms with Crippen LogP contribution in [0.2, 0.25) is 0 Å². The van der Waals surface area contributed by atoms with Gasteiger partial charge in [-0.05, 0) is 55.5 Å². The van der Waals surface area contributed by atoms with Crippen molar-refractivity contribution in [2.45, 2.75) is 25.7 Å².